The van der Waals surface area contributed by atoms with Gasteiger partial charge in [0.25, 0.3) is 0 Å². The van der Waals surface area contributed by atoms with Crippen LogP contribution in [-0.4, -0.2) is 30.0 Å². The molecule has 0 aliphatic carbocycles. The lowest BCUT2D eigenvalue weighted by Gasteiger charge is -2.20. The van der Waals surface area contributed by atoms with Crippen molar-refractivity contribution in [3.8, 4) is 11.5 Å². The molecule has 0 aromatic heterocycles. The molecular formula is C16H26N2O4. The molecule has 1 atom stereocenters. The van der Waals surface area contributed by atoms with E-state index in [0.717, 1.165) is 18.4 Å². The summed E-state index contributed by atoms with van der Waals surface area (Å²) in [6, 6.07) is 3.50. The van der Waals surface area contributed by atoms with Crippen molar-refractivity contribution in [2.45, 2.75) is 52.2 Å². The van der Waals surface area contributed by atoms with Gasteiger partial charge in [-0.25, -0.2) is 4.79 Å². The molecule has 1 amide bonds. The van der Waals surface area contributed by atoms with Crippen molar-refractivity contribution in [2.75, 3.05) is 12.4 Å². The molecule has 1 aromatic rings. The van der Waals surface area contributed by atoms with Crippen LogP contribution in [0.1, 0.15) is 39.7 Å². The molecule has 0 bridgehead atoms. The highest BCUT2D eigenvalue weighted by molar-refractivity contribution is 5.88. The van der Waals surface area contributed by atoms with Crippen LogP contribution in [0.4, 0.5) is 10.5 Å². The molecular weight excluding hydrogens is 284 g/mol. The SMILES string of the molecule is COc1cc(CC[C@H](C)N)cc(NC(=O)OC(C)(C)C)c1O. The number of hydrogen-bond acceptors (Lipinski definition) is 5. The number of rotatable bonds is 5. The van der Waals surface area contributed by atoms with Crippen LogP contribution in [0.15, 0.2) is 12.1 Å². The van der Waals surface area contributed by atoms with Crippen LogP contribution in [0.3, 0.4) is 0 Å². The van der Waals surface area contributed by atoms with Gasteiger partial charge in [-0.2, -0.15) is 0 Å². The molecule has 6 nitrogen and oxygen atoms in total. The molecule has 124 valence electrons. The third-order valence-corrected chi connectivity index (χ3v) is 2.88. The van der Waals surface area contributed by atoms with Crippen LogP contribution in [0, 0.1) is 0 Å². The average molecular weight is 310 g/mol. The van der Waals surface area contributed by atoms with Gasteiger partial charge in [-0.15, -0.1) is 0 Å². The van der Waals surface area contributed by atoms with E-state index in [1.54, 1.807) is 32.9 Å². The van der Waals surface area contributed by atoms with Gasteiger partial charge in [-0.3, -0.25) is 5.32 Å². The minimum Gasteiger partial charge on any atom is -0.503 e. The van der Waals surface area contributed by atoms with Crippen LogP contribution in [-0.2, 0) is 11.2 Å². The molecule has 1 aromatic carbocycles. The summed E-state index contributed by atoms with van der Waals surface area (Å²) in [7, 11) is 1.46. The van der Waals surface area contributed by atoms with Crippen molar-refractivity contribution in [3.05, 3.63) is 17.7 Å². The number of carbonyl (C=O) groups excluding carboxylic acids is 1. The largest absolute Gasteiger partial charge is 0.503 e. The molecule has 0 aliphatic heterocycles. The fourth-order valence-electron chi connectivity index (χ4n) is 1.87. The second-order valence-corrected chi connectivity index (χ2v) is 6.34. The Morgan fingerprint density at radius 3 is 2.55 bits per heavy atom. The second kappa shape index (κ2) is 7.35. The lowest BCUT2D eigenvalue weighted by molar-refractivity contribution is 0.0635. The van der Waals surface area contributed by atoms with Gasteiger partial charge in [0, 0.05) is 6.04 Å². The molecule has 0 saturated heterocycles. The molecule has 4 N–H and O–H groups in total. The highest BCUT2D eigenvalue weighted by Crippen LogP contribution is 2.36. The average Bonchev–Trinajstić information content (AvgIpc) is 2.37. The Labute approximate surface area is 131 Å². The zero-order chi connectivity index (χ0) is 16.9. The minimum absolute atomic E-state index is 0.0714. The predicted molar refractivity (Wildman–Crippen MR) is 86.5 cm³/mol. The van der Waals surface area contributed by atoms with Crippen LogP contribution in [0.5, 0.6) is 11.5 Å². The van der Waals surface area contributed by atoms with Crippen molar-refractivity contribution in [1.29, 1.82) is 0 Å². The fourth-order valence-corrected chi connectivity index (χ4v) is 1.87. The Morgan fingerprint density at radius 2 is 2.05 bits per heavy atom. The van der Waals surface area contributed by atoms with Crippen LogP contribution in [0.25, 0.3) is 0 Å². The van der Waals surface area contributed by atoms with Crippen molar-refractivity contribution >= 4 is 11.8 Å². The summed E-state index contributed by atoms with van der Waals surface area (Å²) < 4.78 is 10.3. The molecule has 0 radical (unpaired) electrons. The third kappa shape index (κ3) is 5.81. The predicted octanol–water partition coefficient (Wildman–Crippen LogP) is 3.03. The number of carbonyl (C=O) groups is 1. The lowest BCUT2D eigenvalue weighted by atomic mass is 10.0. The number of hydrogen-bond donors (Lipinski definition) is 3. The zero-order valence-electron chi connectivity index (χ0n) is 13.9. The van der Waals surface area contributed by atoms with E-state index >= 15 is 0 Å². The normalized spacial score (nSPS) is 12.6. The maximum atomic E-state index is 11.9. The Hall–Kier alpha value is -1.95. The van der Waals surface area contributed by atoms with Crippen molar-refractivity contribution in [2.24, 2.45) is 5.73 Å². The summed E-state index contributed by atoms with van der Waals surface area (Å²) in [5.41, 5.74) is 6.32. The Bertz CT molecular complexity index is 522. The summed E-state index contributed by atoms with van der Waals surface area (Å²) in [5.74, 6) is 0.172. The summed E-state index contributed by atoms with van der Waals surface area (Å²) in [4.78, 5) is 11.9. The monoisotopic (exact) mass is 310 g/mol. The van der Waals surface area contributed by atoms with E-state index in [1.165, 1.54) is 7.11 Å². The molecule has 0 fully saturated rings. The number of methoxy groups -OCH3 is 1. The van der Waals surface area contributed by atoms with Crippen LogP contribution >= 0.6 is 0 Å². The second-order valence-electron chi connectivity index (χ2n) is 6.34. The maximum Gasteiger partial charge on any atom is 0.412 e. The number of anilines is 1. The van der Waals surface area contributed by atoms with Crippen LogP contribution in [0.2, 0.25) is 0 Å². The van der Waals surface area contributed by atoms with E-state index in [9.17, 15) is 9.90 Å². The first kappa shape index (κ1) is 18.1. The van der Waals surface area contributed by atoms with E-state index in [2.05, 4.69) is 5.32 Å². The fraction of sp³-hybridized carbons (Fsp3) is 0.562. The first-order chi connectivity index (χ1) is 10.1. The third-order valence-electron chi connectivity index (χ3n) is 2.88. The van der Waals surface area contributed by atoms with Gasteiger partial charge < -0.3 is 20.3 Å². The van der Waals surface area contributed by atoms with Crippen molar-refractivity contribution in [1.82, 2.24) is 0 Å². The zero-order valence-corrected chi connectivity index (χ0v) is 13.9. The molecule has 22 heavy (non-hydrogen) atoms. The Balaban J connectivity index is 2.96. The number of nitrogens with one attached hydrogen (secondary N) is 1. The van der Waals surface area contributed by atoms with Gasteiger partial charge in [-0.05, 0) is 58.2 Å². The Kier molecular flexibility index (Phi) is 6.05. The van der Waals surface area contributed by atoms with E-state index in [0.29, 0.717) is 5.75 Å². The number of amides is 1. The number of phenols is 1. The topological polar surface area (TPSA) is 93.8 Å². The number of phenolic OH excluding ortho intramolecular Hbond substituents is 1. The highest BCUT2D eigenvalue weighted by atomic mass is 16.6. The molecule has 0 unspecified atom stereocenters. The molecule has 0 aliphatic rings. The number of ether oxygens (including phenoxy) is 2. The van der Waals surface area contributed by atoms with E-state index < -0.39 is 11.7 Å². The van der Waals surface area contributed by atoms with Gasteiger partial charge in [0.1, 0.15) is 5.60 Å². The number of aromatic hydroxyl groups is 1. The summed E-state index contributed by atoms with van der Waals surface area (Å²) in [5, 5.41) is 12.7. The van der Waals surface area contributed by atoms with E-state index in [1.807, 2.05) is 6.92 Å². The first-order valence-corrected chi connectivity index (χ1v) is 7.28. The molecule has 1 rings (SSSR count). The van der Waals surface area contributed by atoms with Crippen molar-refractivity contribution in [3.63, 3.8) is 0 Å². The van der Waals surface area contributed by atoms with Crippen LogP contribution < -0.4 is 15.8 Å². The maximum absolute atomic E-state index is 11.9. The molecule has 0 spiro atoms. The van der Waals surface area contributed by atoms with Gasteiger partial charge in [0.05, 0.1) is 12.8 Å². The summed E-state index contributed by atoms with van der Waals surface area (Å²) >= 11 is 0. The summed E-state index contributed by atoms with van der Waals surface area (Å²) in [6.45, 7) is 7.24. The molecule has 0 heterocycles. The van der Waals surface area contributed by atoms with E-state index in [-0.39, 0.29) is 17.5 Å². The quantitative estimate of drug-likeness (QED) is 0.727. The lowest BCUT2D eigenvalue weighted by Crippen LogP contribution is -2.27. The molecule has 0 saturated carbocycles. The van der Waals surface area contributed by atoms with Crippen molar-refractivity contribution < 1.29 is 19.4 Å². The minimum atomic E-state index is -0.630. The smallest absolute Gasteiger partial charge is 0.412 e. The number of nitrogens with two attached hydrogens (primary N) is 1. The Morgan fingerprint density at radius 1 is 1.41 bits per heavy atom. The van der Waals surface area contributed by atoms with Gasteiger partial charge >= 0.3 is 6.09 Å². The molecule has 6 heteroatoms. The van der Waals surface area contributed by atoms with Gasteiger partial charge in [-0.1, -0.05) is 0 Å². The first-order valence-electron chi connectivity index (χ1n) is 7.28. The van der Waals surface area contributed by atoms with Gasteiger partial charge in [0.15, 0.2) is 11.5 Å². The standard InChI is InChI=1S/C16H26N2O4/c1-10(17)6-7-11-8-12(14(19)13(9-11)21-5)18-15(20)22-16(2,3)4/h8-10,19H,6-7,17H2,1-5H3,(H,18,20)/t10-/m0/s1. The van der Waals surface area contributed by atoms with Gasteiger partial charge in [0.2, 0.25) is 0 Å². The summed E-state index contributed by atoms with van der Waals surface area (Å²) in [6.07, 6.45) is 0.881. The highest BCUT2D eigenvalue weighted by Gasteiger charge is 2.19. The van der Waals surface area contributed by atoms with E-state index in [4.69, 9.17) is 15.2 Å². The number of benzene rings is 1. The number of aryl methyl sites for hydroxylation is 1.